The first-order chi connectivity index (χ1) is 11.8. The van der Waals surface area contributed by atoms with E-state index in [0.717, 1.165) is 12.1 Å². The molecule has 2 aromatic carbocycles. The average Bonchev–Trinajstić information content (AvgIpc) is 2.76. The van der Waals surface area contributed by atoms with Crippen molar-refractivity contribution in [3.05, 3.63) is 59.7 Å². The number of benzene rings is 2. The van der Waals surface area contributed by atoms with Gasteiger partial charge in [0.15, 0.2) is 11.6 Å². The van der Waals surface area contributed by atoms with Crippen molar-refractivity contribution in [1.29, 1.82) is 0 Å². The van der Waals surface area contributed by atoms with E-state index >= 15 is 0 Å². The Morgan fingerprint density at radius 1 is 1.08 bits per heavy atom. The van der Waals surface area contributed by atoms with Gasteiger partial charge < -0.3 is 5.32 Å². The van der Waals surface area contributed by atoms with Crippen LogP contribution in [0.2, 0.25) is 0 Å². The number of hydrogen-bond acceptors (Lipinski definition) is 4. The fourth-order valence-corrected chi connectivity index (χ4v) is 4.02. The van der Waals surface area contributed by atoms with E-state index in [-0.39, 0.29) is 29.1 Å². The normalized spacial score (nSPS) is 15.1. The summed E-state index contributed by atoms with van der Waals surface area (Å²) >= 11 is 0. The fourth-order valence-electron chi connectivity index (χ4n) is 2.45. The Balaban J connectivity index is 1.69. The van der Waals surface area contributed by atoms with E-state index in [9.17, 15) is 26.8 Å². The summed E-state index contributed by atoms with van der Waals surface area (Å²) in [5.41, 5.74) is 0.0892. The lowest BCUT2D eigenvalue weighted by Gasteiger charge is -2.14. The molecule has 2 amide bonds. The maximum atomic E-state index is 13.1. The molecule has 2 aromatic rings. The van der Waals surface area contributed by atoms with Gasteiger partial charge in [-0.3, -0.25) is 9.59 Å². The number of fused-ring (bicyclic) bond motifs is 1. The Morgan fingerprint density at radius 3 is 2.48 bits per heavy atom. The molecular weight excluding hydrogens is 354 g/mol. The van der Waals surface area contributed by atoms with E-state index in [1.165, 1.54) is 24.3 Å². The minimum absolute atomic E-state index is 0.0304. The van der Waals surface area contributed by atoms with Gasteiger partial charge in [0.2, 0.25) is 5.91 Å². The van der Waals surface area contributed by atoms with E-state index in [1.54, 1.807) is 6.07 Å². The summed E-state index contributed by atoms with van der Waals surface area (Å²) in [6.45, 7) is -0.356. The van der Waals surface area contributed by atoms with Crippen molar-refractivity contribution < 1.29 is 26.8 Å². The zero-order valence-electron chi connectivity index (χ0n) is 12.7. The zero-order valence-corrected chi connectivity index (χ0v) is 13.5. The highest BCUT2D eigenvalue weighted by molar-refractivity contribution is 7.90. The molecule has 0 saturated heterocycles. The maximum Gasteiger partial charge on any atom is 0.269 e. The molecule has 0 saturated carbocycles. The number of carbonyl (C=O) groups is 2. The number of anilines is 1. The van der Waals surface area contributed by atoms with Crippen LogP contribution in [0, 0.1) is 11.6 Å². The molecule has 0 fully saturated rings. The van der Waals surface area contributed by atoms with Crippen molar-refractivity contribution in [3.8, 4) is 0 Å². The SMILES string of the molecule is O=C(CCN1C(=O)c2ccccc2S1(=O)=O)Nc1ccc(F)c(F)c1. The van der Waals surface area contributed by atoms with Crippen LogP contribution >= 0.6 is 0 Å². The Bertz CT molecular complexity index is 976. The average molecular weight is 366 g/mol. The summed E-state index contributed by atoms with van der Waals surface area (Å²) < 4.78 is 51.2. The number of hydrogen-bond donors (Lipinski definition) is 1. The summed E-state index contributed by atoms with van der Waals surface area (Å²) in [6.07, 6.45) is -0.321. The standard InChI is InChI=1S/C16H12F2N2O4S/c17-12-6-5-10(9-13(12)18)19-15(21)7-8-20-16(22)11-3-1-2-4-14(11)25(20,23)24/h1-6,9H,7-8H2,(H,19,21). The molecule has 0 aromatic heterocycles. The van der Waals surface area contributed by atoms with Gasteiger partial charge in [-0.05, 0) is 24.3 Å². The van der Waals surface area contributed by atoms with E-state index in [4.69, 9.17) is 0 Å². The Hall–Kier alpha value is -2.81. The number of sulfonamides is 1. The molecule has 1 heterocycles. The first-order valence-corrected chi connectivity index (χ1v) is 8.66. The maximum absolute atomic E-state index is 13.1. The third-order valence-corrected chi connectivity index (χ3v) is 5.50. The second-order valence-corrected chi connectivity index (χ2v) is 7.14. The molecule has 1 N–H and O–H groups in total. The minimum atomic E-state index is -3.98. The molecule has 9 heteroatoms. The van der Waals surface area contributed by atoms with E-state index in [0.29, 0.717) is 4.31 Å². The topological polar surface area (TPSA) is 83.6 Å². The number of nitrogens with zero attached hydrogens (tertiary/aromatic N) is 1. The van der Waals surface area contributed by atoms with E-state index in [1.807, 2.05) is 0 Å². The van der Waals surface area contributed by atoms with Crippen LogP contribution in [-0.4, -0.2) is 31.1 Å². The van der Waals surface area contributed by atoms with Gasteiger partial charge in [0, 0.05) is 24.7 Å². The smallest absolute Gasteiger partial charge is 0.269 e. The number of halogens is 2. The summed E-state index contributed by atoms with van der Waals surface area (Å²) in [7, 11) is -3.98. The van der Waals surface area contributed by atoms with Gasteiger partial charge in [0.1, 0.15) is 4.90 Å². The van der Waals surface area contributed by atoms with Crippen molar-refractivity contribution in [2.45, 2.75) is 11.3 Å². The van der Waals surface area contributed by atoms with Gasteiger partial charge in [0.25, 0.3) is 15.9 Å². The highest BCUT2D eigenvalue weighted by Crippen LogP contribution is 2.29. The summed E-state index contributed by atoms with van der Waals surface area (Å²) in [6, 6.07) is 8.61. The van der Waals surface area contributed by atoms with Crippen molar-refractivity contribution in [2.24, 2.45) is 0 Å². The minimum Gasteiger partial charge on any atom is -0.326 e. The molecule has 0 spiro atoms. The number of nitrogens with one attached hydrogen (secondary N) is 1. The first kappa shape index (κ1) is 17.0. The molecule has 0 unspecified atom stereocenters. The van der Waals surface area contributed by atoms with Crippen LogP contribution in [0.4, 0.5) is 14.5 Å². The fraction of sp³-hybridized carbons (Fsp3) is 0.125. The lowest BCUT2D eigenvalue weighted by atomic mass is 10.2. The predicted octanol–water partition coefficient (Wildman–Crippen LogP) is 2.14. The number of rotatable bonds is 4. The molecule has 0 bridgehead atoms. The van der Waals surface area contributed by atoms with Crippen molar-refractivity contribution in [1.82, 2.24) is 4.31 Å². The highest BCUT2D eigenvalue weighted by atomic mass is 32.2. The zero-order chi connectivity index (χ0) is 18.2. The van der Waals surface area contributed by atoms with Crippen LogP contribution < -0.4 is 5.32 Å². The van der Waals surface area contributed by atoms with Gasteiger partial charge in [-0.25, -0.2) is 21.5 Å². The van der Waals surface area contributed by atoms with Gasteiger partial charge in [-0.2, -0.15) is 0 Å². The molecular formula is C16H12F2N2O4S. The van der Waals surface area contributed by atoms with Crippen LogP contribution in [0.15, 0.2) is 47.4 Å². The number of carbonyl (C=O) groups excluding carboxylic acids is 2. The van der Waals surface area contributed by atoms with Crippen LogP contribution in [0.1, 0.15) is 16.8 Å². The molecule has 130 valence electrons. The lowest BCUT2D eigenvalue weighted by Crippen LogP contribution is -2.33. The largest absolute Gasteiger partial charge is 0.326 e. The Kier molecular flexibility index (Phi) is 4.25. The third-order valence-electron chi connectivity index (χ3n) is 3.66. The van der Waals surface area contributed by atoms with Crippen LogP contribution in [0.3, 0.4) is 0 Å². The quantitative estimate of drug-likeness (QED) is 0.899. The number of amides is 2. The first-order valence-electron chi connectivity index (χ1n) is 7.22. The van der Waals surface area contributed by atoms with Crippen LogP contribution in [0.25, 0.3) is 0 Å². The summed E-state index contributed by atoms with van der Waals surface area (Å²) in [5, 5.41) is 2.32. The molecule has 1 aliphatic rings. The van der Waals surface area contributed by atoms with Crippen LogP contribution in [-0.2, 0) is 14.8 Å². The molecule has 0 atom stereocenters. The highest BCUT2D eigenvalue weighted by Gasteiger charge is 2.40. The lowest BCUT2D eigenvalue weighted by molar-refractivity contribution is -0.116. The molecule has 6 nitrogen and oxygen atoms in total. The Labute approximate surface area is 142 Å². The Morgan fingerprint density at radius 2 is 1.80 bits per heavy atom. The van der Waals surface area contributed by atoms with Crippen molar-refractivity contribution >= 4 is 27.5 Å². The monoisotopic (exact) mass is 366 g/mol. The van der Waals surface area contributed by atoms with Crippen molar-refractivity contribution in [2.75, 3.05) is 11.9 Å². The summed E-state index contributed by atoms with van der Waals surface area (Å²) in [5.74, 6) is -3.50. The molecule has 25 heavy (non-hydrogen) atoms. The predicted molar refractivity (Wildman–Crippen MR) is 84.3 cm³/mol. The van der Waals surface area contributed by atoms with Crippen LogP contribution in [0.5, 0.6) is 0 Å². The van der Waals surface area contributed by atoms with Gasteiger partial charge >= 0.3 is 0 Å². The molecule has 3 rings (SSSR count). The second-order valence-electron chi connectivity index (χ2n) is 5.31. The van der Waals surface area contributed by atoms with E-state index < -0.39 is 33.5 Å². The summed E-state index contributed by atoms with van der Waals surface area (Å²) in [4.78, 5) is 24.0. The molecule has 0 aliphatic carbocycles. The van der Waals surface area contributed by atoms with Gasteiger partial charge in [0.05, 0.1) is 5.56 Å². The van der Waals surface area contributed by atoms with E-state index in [2.05, 4.69) is 5.32 Å². The van der Waals surface area contributed by atoms with Gasteiger partial charge in [-0.1, -0.05) is 12.1 Å². The van der Waals surface area contributed by atoms with Crippen molar-refractivity contribution in [3.63, 3.8) is 0 Å². The second kappa shape index (κ2) is 6.25. The van der Waals surface area contributed by atoms with Gasteiger partial charge in [-0.15, -0.1) is 0 Å². The third kappa shape index (κ3) is 3.10. The molecule has 1 aliphatic heterocycles. The molecule has 0 radical (unpaired) electrons.